The first kappa shape index (κ1) is 22.5. The molecule has 2 aromatic rings. The second-order valence-corrected chi connectivity index (χ2v) is 9.91. The van der Waals surface area contributed by atoms with Crippen LogP contribution in [-0.2, 0) is 22.2 Å². The Bertz CT molecular complexity index is 948. The first-order chi connectivity index (χ1) is 14.3. The lowest BCUT2D eigenvalue weighted by atomic mass is 10.0. The van der Waals surface area contributed by atoms with Gasteiger partial charge in [0.15, 0.2) is 0 Å². The van der Waals surface area contributed by atoms with Crippen molar-refractivity contribution in [1.82, 2.24) is 14.5 Å². The molecule has 1 heterocycles. The zero-order chi connectivity index (χ0) is 21.7. The smallest absolute Gasteiger partial charge is 0.251 e. The topological polar surface area (TPSA) is 69.7 Å². The summed E-state index contributed by atoms with van der Waals surface area (Å²) in [6, 6.07) is 15.0. The van der Waals surface area contributed by atoms with Crippen molar-refractivity contribution in [1.29, 1.82) is 0 Å². The third-order valence-electron chi connectivity index (χ3n) is 5.66. The number of benzene rings is 2. The highest BCUT2D eigenvalue weighted by molar-refractivity contribution is 7.88. The van der Waals surface area contributed by atoms with Gasteiger partial charge in [-0.1, -0.05) is 43.3 Å². The van der Waals surface area contributed by atoms with Crippen molar-refractivity contribution in [3.05, 3.63) is 70.8 Å². The van der Waals surface area contributed by atoms with Crippen LogP contribution in [-0.4, -0.2) is 56.8 Å². The van der Waals surface area contributed by atoms with Crippen LogP contribution in [0.1, 0.15) is 46.9 Å². The van der Waals surface area contributed by atoms with E-state index >= 15 is 0 Å². The largest absolute Gasteiger partial charge is 0.346 e. The van der Waals surface area contributed by atoms with E-state index in [4.69, 9.17) is 0 Å². The molecule has 6 nitrogen and oxygen atoms in total. The summed E-state index contributed by atoms with van der Waals surface area (Å²) in [5.74, 6) is -0.214. The quantitative estimate of drug-likeness (QED) is 0.735. The Hall–Kier alpha value is -2.22. The number of nitrogens with zero attached hydrogens (tertiary/aromatic N) is 2. The Kier molecular flexibility index (Phi) is 7.28. The van der Waals surface area contributed by atoms with Gasteiger partial charge >= 0.3 is 0 Å². The van der Waals surface area contributed by atoms with Crippen LogP contribution in [0, 0.1) is 0 Å². The van der Waals surface area contributed by atoms with Gasteiger partial charge in [0.05, 0.1) is 11.8 Å². The molecule has 1 aliphatic rings. The molecule has 0 radical (unpaired) electrons. The number of carbonyl (C=O) groups is 1. The van der Waals surface area contributed by atoms with E-state index in [1.165, 1.54) is 5.56 Å². The van der Waals surface area contributed by atoms with Crippen molar-refractivity contribution in [3.8, 4) is 0 Å². The van der Waals surface area contributed by atoms with Gasteiger partial charge in [-0.05, 0) is 49.2 Å². The molecule has 0 bridgehead atoms. The molecule has 1 saturated heterocycles. The second-order valence-electron chi connectivity index (χ2n) is 7.95. The van der Waals surface area contributed by atoms with Gasteiger partial charge in [-0.2, -0.15) is 4.31 Å². The molecule has 30 heavy (non-hydrogen) atoms. The number of carbonyl (C=O) groups excluding carboxylic acids is 1. The fourth-order valence-electron chi connectivity index (χ4n) is 3.53. The molecule has 1 fully saturated rings. The minimum atomic E-state index is -3.35. The van der Waals surface area contributed by atoms with Gasteiger partial charge in [0.25, 0.3) is 5.91 Å². The zero-order valence-corrected chi connectivity index (χ0v) is 18.8. The van der Waals surface area contributed by atoms with Crippen LogP contribution in [0.4, 0.5) is 0 Å². The average molecular weight is 430 g/mol. The standard InChI is InChI=1S/C23H31N3O3S/c1-4-19-5-9-21(10-6-19)18(2)24-23(27)22-11-7-20(8-12-22)17-30(28,29)26-15-13-25(3)14-16-26/h5-12,18H,4,13-17H2,1-3H3,(H,24,27)/t18-/m0/s1. The SMILES string of the molecule is CCc1ccc([C@H](C)NC(=O)c2ccc(CS(=O)(=O)N3CCN(C)CC3)cc2)cc1. The number of likely N-dealkylation sites (N-methyl/N-ethyl adjacent to an activating group) is 1. The molecule has 1 amide bonds. The van der Waals surface area contributed by atoms with Gasteiger partial charge < -0.3 is 10.2 Å². The van der Waals surface area contributed by atoms with Crippen LogP contribution in [0.5, 0.6) is 0 Å². The van der Waals surface area contributed by atoms with Crippen molar-refractivity contribution in [3.63, 3.8) is 0 Å². The Morgan fingerprint density at radius 1 is 0.967 bits per heavy atom. The number of sulfonamides is 1. The highest BCUT2D eigenvalue weighted by Crippen LogP contribution is 2.17. The summed E-state index contributed by atoms with van der Waals surface area (Å²) in [6.07, 6.45) is 0.984. The summed E-state index contributed by atoms with van der Waals surface area (Å²) in [5.41, 5.74) is 3.52. The maximum absolute atomic E-state index is 12.7. The third kappa shape index (κ3) is 5.68. The summed E-state index contributed by atoms with van der Waals surface area (Å²) in [4.78, 5) is 14.7. The predicted octanol–water partition coefficient (Wildman–Crippen LogP) is 2.82. The number of aryl methyl sites for hydroxylation is 1. The van der Waals surface area contributed by atoms with Crippen molar-refractivity contribution in [2.75, 3.05) is 33.2 Å². The van der Waals surface area contributed by atoms with Crippen LogP contribution in [0.15, 0.2) is 48.5 Å². The van der Waals surface area contributed by atoms with Gasteiger partial charge in [0, 0.05) is 31.7 Å². The van der Waals surface area contributed by atoms with Crippen LogP contribution in [0.2, 0.25) is 0 Å². The van der Waals surface area contributed by atoms with Gasteiger partial charge in [-0.15, -0.1) is 0 Å². The molecule has 2 aromatic carbocycles. The number of hydrogen-bond donors (Lipinski definition) is 1. The van der Waals surface area contributed by atoms with Crippen molar-refractivity contribution in [2.24, 2.45) is 0 Å². The Balaban J connectivity index is 1.59. The summed E-state index contributed by atoms with van der Waals surface area (Å²) in [7, 11) is -1.35. The summed E-state index contributed by atoms with van der Waals surface area (Å²) in [6.45, 7) is 6.61. The Morgan fingerprint density at radius 2 is 1.53 bits per heavy atom. The molecular weight excluding hydrogens is 398 g/mol. The van der Waals surface area contributed by atoms with Gasteiger partial charge in [-0.25, -0.2) is 8.42 Å². The number of piperazine rings is 1. The predicted molar refractivity (Wildman–Crippen MR) is 120 cm³/mol. The van der Waals surface area contributed by atoms with E-state index in [2.05, 4.69) is 29.3 Å². The van der Waals surface area contributed by atoms with Crippen molar-refractivity contribution in [2.45, 2.75) is 32.1 Å². The lowest BCUT2D eigenvalue weighted by Gasteiger charge is -2.31. The van der Waals surface area contributed by atoms with E-state index in [-0.39, 0.29) is 17.7 Å². The first-order valence-electron chi connectivity index (χ1n) is 10.4. The van der Waals surface area contributed by atoms with Gasteiger partial charge in [0.2, 0.25) is 10.0 Å². The Morgan fingerprint density at radius 3 is 2.10 bits per heavy atom. The fraction of sp³-hybridized carbons (Fsp3) is 0.435. The zero-order valence-electron chi connectivity index (χ0n) is 18.0. The molecule has 1 atom stereocenters. The molecule has 0 aromatic heterocycles. The number of rotatable bonds is 7. The normalized spacial score (nSPS) is 16.9. The van der Waals surface area contributed by atoms with E-state index in [1.807, 2.05) is 26.1 Å². The fourth-order valence-corrected chi connectivity index (χ4v) is 5.04. The molecular formula is C23H31N3O3S. The maximum Gasteiger partial charge on any atom is 0.251 e. The lowest BCUT2D eigenvalue weighted by molar-refractivity contribution is 0.0940. The molecule has 0 spiro atoms. The molecule has 162 valence electrons. The van der Waals surface area contributed by atoms with E-state index in [9.17, 15) is 13.2 Å². The van der Waals surface area contributed by atoms with Crippen LogP contribution >= 0.6 is 0 Å². The Labute approximate surface area is 179 Å². The number of amides is 1. The third-order valence-corrected chi connectivity index (χ3v) is 7.51. The molecule has 1 N–H and O–H groups in total. The molecule has 3 rings (SSSR count). The van der Waals surface area contributed by atoms with Crippen molar-refractivity contribution >= 4 is 15.9 Å². The second kappa shape index (κ2) is 9.73. The van der Waals surface area contributed by atoms with E-state index in [0.717, 1.165) is 25.1 Å². The summed E-state index contributed by atoms with van der Waals surface area (Å²) < 4.78 is 26.9. The number of hydrogen-bond acceptors (Lipinski definition) is 4. The number of nitrogens with one attached hydrogen (secondary N) is 1. The molecule has 7 heteroatoms. The summed E-state index contributed by atoms with van der Waals surface area (Å²) in [5, 5.41) is 3.00. The van der Waals surface area contributed by atoms with Gasteiger partial charge in [-0.3, -0.25) is 4.79 Å². The molecule has 1 aliphatic heterocycles. The highest BCUT2D eigenvalue weighted by atomic mass is 32.2. The van der Waals surface area contributed by atoms with Crippen LogP contribution < -0.4 is 5.32 Å². The van der Waals surface area contributed by atoms with E-state index in [1.54, 1.807) is 28.6 Å². The lowest BCUT2D eigenvalue weighted by Crippen LogP contribution is -2.47. The first-order valence-corrected chi connectivity index (χ1v) is 12.0. The van der Waals surface area contributed by atoms with Crippen LogP contribution in [0.25, 0.3) is 0 Å². The maximum atomic E-state index is 12.7. The highest BCUT2D eigenvalue weighted by Gasteiger charge is 2.25. The average Bonchev–Trinajstić information content (AvgIpc) is 2.74. The molecule has 0 aliphatic carbocycles. The van der Waals surface area contributed by atoms with Crippen LogP contribution in [0.3, 0.4) is 0 Å². The minimum Gasteiger partial charge on any atom is -0.346 e. The summed E-state index contributed by atoms with van der Waals surface area (Å²) >= 11 is 0. The minimum absolute atomic E-state index is 0.0429. The molecule has 0 saturated carbocycles. The van der Waals surface area contributed by atoms with E-state index in [0.29, 0.717) is 24.2 Å². The van der Waals surface area contributed by atoms with Gasteiger partial charge in [0.1, 0.15) is 0 Å². The molecule has 0 unspecified atom stereocenters. The van der Waals surface area contributed by atoms with E-state index < -0.39 is 10.0 Å². The monoisotopic (exact) mass is 429 g/mol. The van der Waals surface area contributed by atoms with Crippen molar-refractivity contribution < 1.29 is 13.2 Å².